The summed E-state index contributed by atoms with van der Waals surface area (Å²) in [6.45, 7) is 13.7. The molecule has 0 radical (unpaired) electrons. The van der Waals surface area contributed by atoms with E-state index in [1.54, 1.807) is 19.1 Å². The number of hydrogen-bond acceptors (Lipinski definition) is 2. The van der Waals surface area contributed by atoms with E-state index in [2.05, 4.69) is 26.5 Å². The largest absolute Gasteiger partial charge is 0.385 e. The first-order valence-corrected chi connectivity index (χ1v) is 7.26. The van der Waals surface area contributed by atoms with Gasteiger partial charge in [-0.1, -0.05) is 50.3 Å². The van der Waals surface area contributed by atoms with Crippen molar-refractivity contribution in [2.75, 3.05) is 0 Å². The third-order valence-electron chi connectivity index (χ3n) is 3.71. The van der Waals surface area contributed by atoms with Crippen LogP contribution in [-0.2, 0) is 4.79 Å². The van der Waals surface area contributed by atoms with Gasteiger partial charge in [0.25, 0.3) is 0 Å². The normalized spacial score (nSPS) is 22.6. The van der Waals surface area contributed by atoms with E-state index in [9.17, 15) is 9.90 Å². The lowest BCUT2D eigenvalue weighted by Crippen LogP contribution is -2.24. The molecule has 0 aromatic heterocycles. The fourth-order valence-electron chi connectivity index (χ4n) is 2.47. The SMILES string of the molecule is C=C(C)C(O)/C=C\C(C)=CC=C1C(C)=CC(=O)CC1(C)C. The molecule has 1 N–H and O–H groups in total. The number of aliphatic hydroxyl groups is 1. The maximum absolute atomic E-state index is 11.6. The van der Waals surface area contributed by atoms with Gasteiger partial charge in [-0.2, -0.15) is 0 Å². The Bertz CT molecular complexity index is 554. The molecule has 2 nitrogen and oxygen atoms in total. The standard InChI is InChI=1S/C19H26O2/c1-13(2)18(21)10-8-14(3)7-9-17-15(4)11-16(20)12-19(17,5)6/h7-11,18,21H,1,12H2,2-6H3/b10-8-,14-7?,17-9?. The first-order chi connectivity index (χ1) is 9.63. The number of carbonyl (C=O) groups is 1. The number of ketones is 1. The predicted octanol–water partition coefficient (Wildman–Crippen LogP) is 4.30. The van der Waals surface area contributed by atoms with Crippen molar-refractivity contribution in [3.05, 3.63) is 59.3 Å². The zero-order chi connectivity index (χ0) is 16.2. The highest BCUT2D eigenvalue weighted by Crippen LogP contribution is 2.39. The average Bonchev–Trinajstić information content (AvgIpc) is 2.33. The van der Waals surface area contributed by atoms with E-state index in [4.69, 9.17) is 0 Å². The van der Waals surface area contributed by atoms with Crippen molar-refractivity contribution < 1.29 is 9.90 Å². The van der Waals surface area contributed by atoms with E-state index in [0.29, 0.717) is 6.42 Å². The summed E-state index contributed by atoms with van der Waals surface area (Å²) in [6, 6.07) is 0. The van der Waals surface area contributed by atoms with Crippen LogP contribution in [0.25, 0.3) is 0 Å². The molecule has 1 unspecified atom stereocenters. The second-order valence-corrected chi connectivity index (χ2v) is 6.50. The molecule has 1 aliphatic rings. The second kappa shape index (κ2) is 6.86. The molecule has 1 aliphatic carbocycles. The highest BCUT2D eigenvalue weighted by molar-refractivity contribution is 5.93. The van der Waals surface area contributed by atoms with Crippen molar-refractivity contribution in [2.24, 2.45) is 5.41 Å². The summed E-state index contributed by atoms with van der Waals surface area (Å²) in [7, 11) is 0. The first kappa shape index (κ1) is 17.4. The van der Waals surface area contributed by atoms with Crippen LogP contribution in [0.5, 0.6) is 0 Å². The molecular formula is C19H26O2. The van der Waals surface area contributed by atoms with Crippen LogP contribution in [0.2, 0.25) is 0 Å². The summed E-state index contributed by atoms with van der Waals surface area (Å²) in [5, 5.41) is 9.67. The molecule has 0 heterocycles. The molecule has 114 valence electrons. The third kappa shape index (κ3) is 4.98. The Balaban J connectivity index is 2.96. The van der Waals surface area contributed by atoms with Crippen LogP contribution in [0, 0.1) is 5.41 Å². The Morgan fingerprint density at radius 3 is 2.57 bits per heavy atom. The second-order valence-electron chi connectivity index (χ2n) is 6.50. The van der Waals surface area contributed by atoms with E-state index in [0.717, 1.165) is 16.7 Å². The van der Waals surface area contributed by atoms with E-state index in [1.165, 1.54) is 5.57 Å². The van der Waals surface area contributed by atoms with Crippen LogP contribution in [0.3, 0.4) is 0 Å². The molecule has 0 saturated heterocycles. The van der Waals surface area contributed by atoms with Crippen molar-refractivity contribution in [1.29, 1.82) is 0 Å². The lowest BCUT2D eigenvalue weighted by Gasteiger charge is -2.31. The van der Waals surface area contributed by atoms with Crippen molar-refractivity contribution in [2.45, 2.75) is 47.1 Å². The quantitative estimate of drug-likeness (QED) is 0.618. The van der Waals surface area contributed by atoms with Crippen LogP contribution in [0.15, 0.2) is 59.3 Å². The minimum Gasteiger partial charge on any atom is -0.385 e. The molecule has 1 rings (SSSR count). The topological polar surface area (TPSA) is 37.3 Å². The zero-order valence-corrected chi connectivity index (χ0v) is 13.7. The summed E-state index contributed by atoms with van der Waals surface area (Å²) in [5.74, 6) is 0.194. The Kier molecular flexibility index (Phi) is 5.68. The number of aliphatic hydroxyl groups excluding tert-OH is 1. The molecule has 0 amide bonds. The van der Waals surface area contributed by atoms with Crippen LogP contribution in [-0.4, -0.2) is 17.0 Å². The molecular weight excluding hydrogens is 260 g/mol. The minimum absolute atomic E-state index is 0.131. The van der Waals surface area contributed by atoms with Gasteiger partial charge in [-0.15, -0.1) is 0 Å². The minimum atomic E-state index is -0.605. The monoisotopic (exact) mass is 286 g/mol. The fraction of sp³-hybridized carbons (Fsp3) is 0.421. The highest BCUT2D eigenvalue weighted by Gasteiger charge is 2.30. The molecule has 0 aliphatic heterocycles. The summed E-state index contributed by atoms with van der Waals surface area (Å²) < 4.78 is 0. The smallest absolute Gasteiger partial charge is 0.156 e. The van der Waals surface area contributed by atoms with E-state index in [-0.39, 0.29) is 11.2 Å². The number of hydrogen-bond donors (Lipinski definition) is 1. The maximum atomic E-state index is 11.6. The Hall–Kier alpha value is -1.67. The molecule has 0 spiro atoms. The lowest BCUT2D eigenvalue weighted by atomic mass is 9.72. The summed E-state index contributed by atoms with van der Waals surface area (Å²) in [4.78, 5) is 11.6. The molecule has 21 heavy (non-hydrogen) atoms. The number of carbonyl (C=O) groups excluding carboxylic acids is 1. The van der Waals surface area contributed by atoms with Gasteiger partial charge >= 0.3 is 0 Å². The number of allylic oxidation sites excluding steroid dienone is 7. The maximum Gasteiger partial charge on any atom is 0.156 e. The lowest BCUT2D eigenvalue weighted by molar-refractivity contribution is -0.116. The van der Waals surface area contributed by atoms with Crippen molar-refractivity contribution in [1.82, 2.24) is 0 Å². The van der Waals surface area contributed by atoms with Gasteiger partial charge in [-0.25, -0.2) is 0 Å². The van der Waals surface area contributed by atoms with Crippen LogP contribution >= 0.6 is 0 Å². The van der Waals surface area contributed by atoms with Gasteiger partial charge in [-0.05, 0) is 49.0 Å². The van der Waals surface area contributed by atoms with E-state index < -0.39 is 6.10 Å². The molecule has 2 heteroatoms. The summed E-state index contributed by atoms with van der Waals surface area (Å²) >= 11 is 0. The summed E-state index contributed by atoms with van der Waals surface area (Å²) in [5.41, 5.74) is 3.86. The number of rotatable bonds is 4. The summed E-state index contributed by atoms with van der Waals surface area (Å²) in [6.07, 6.45) is 9.37. The van der Waals surface area contributed by atoms with Gasteiger partial charge < -0.3 is 5.11 Å². The fourth-order valence-corrected chi connectivity index (χ4v) is 2.47. The van der Waals surface area contributed by atoms with Gasteiger partial charge in [0.1, 0.15) is 0 Å². The van der Waals surface area contributed by atoms with Gasteiger partial charge in [0.2, 0.25) is 0 Å². The van der Waals surface area contributed by atoms with Gasteiger partial charge in [0.05, 0.1) is 6.10 Å². The molecule has 0 fully saturated rings. The van der Waals surface area contributed by atoms with Crippen molar-refractivity contribution in [3.63, 3.8) is 0 Å². The Morgan fingerprint density at radius 2 is 2.05 bits per heavy atom. The predicted molar refractivity (Wildman–Crippen MR) is 89.0 cm³/mol. The van der Waals surface area contributed by atoms with Crippen LogP contribution in [0.4, 0.5) is 0 Å². The van der Waals surface area contributed by atoms with Gasteiger partial charge in [0, 0.05) is 6.42 Å². The molecule has 0 aromatic carbocycles. The van der Waals surface area contributed by atoms with Crippen LogP contribution in [0.1, 0.15) is 41.0 Å². The molecule has 0 bridgehead atoms. The molecule has 0 aromatic rings. The Labute approximate surface area is 128 Å². The van der Waals surface area contributed by atoms with Crippen molar-refractivity contribution in [3.8, 4) is 0 Å². The zero-order valence-electron chi connectivity index (χ0n) is 13.7. The van der Waals surface area contributed by atoms with Crippen LogP contribution < -0.4 is 0 Å². The Morgan fingerprint density at radius 1 is 1.43 bits per heavy atom. The highest BCUT2D eigenvalue weighted by atomic mass is 16.3. The van der Waals surface area contributed by atoms with E-state index >= 15 is 0 Å². The van der Waals surface area contributed by atoms with Crippen molar-refractivity contribution >= 4 is 5.78 Å². The average molecular weight is 286 g/mol. The van der Waals surface area contributed by atoms with Gasteiger partial charge in [0.15, 0.2) is 5.78 Å². The van der Waals surface area contributed by atoms with Gasteiger partial charge in [-0.3, -0.25) is 4.79 Å². The van der Waals surface area contributed by atoms with E-state index in [1.807, 2.05) is 26.0 Å². The molecule has 0 saturated carbocycles. The first-order valence-electron chi connectivity index (χ1n) is 7.26. The molecule has 1 atom stereocenters. The third-order valence-corrected chi connectivity index (χ3v) is 3.71.